The first-order valence-electron chi connectivity index (χ1n) is 11.4. The van der Waals surface area contributed by atoms with Gasteiger partial charge in [-0.1, -0.05) is 42.5 Å². The Kier molecular flexibility index (Phi) is 6.60. The summed E-state index contributed by atoms with van der Waals surface area (Å²) < 4.78 is 0. The summed E-state index contributed by atoms with van der Waals surface area (Å²) in [4.78, 5) is 6.41. The van der Waals surface area contributed by atoms with Gasteiger partial charge in [-0.3, -0.25) is 4.99 Å². The van der Waals surface area contributed by atoms with E-state index in [0.29, 0.717) is 24.5 Å². The number of thiophene rings is 1. The van der Waals surface area contributed by atoms with Gasteiger partial charge >= 0.3 is 0 Å². The predicted molar refractivity (Wildman–Crippen MR) is 141 cm³/mol. The van der Waals surface area contributed by atoms with Gasteiger partial charge in [0.25, 0.3) is 0 Å². The molecule has 2 aromatic carbocycles. The second kappa shape index (κ2) is 9.95. The molecule has 2 aromatic heterocycles. The molecule has 0 spiro atoms. The molecule has 8 heteroatoms. The molecule has 0 radical (unpaired) electrons. The Labute approximate surface area is 207 Å². The highest BCUT2D eigenvalue weighted by Gasteiger charge is 2.17. The van der Waals surface area contributed by atoms with Crippen LogP contribution in [0.5, 0.6) is 5.75 Å². The third kappa shape index (κ3) is 4.83. The van der Waals surface area contributed by atoms with Crippen molar-refractivity contribution in [3.05, 3.63) is 70.1 Å². The molecule has 6 nitrogen and oxygen atoms in total. The normalized spacial score (nSPS) is 13.6. The second-order valence-electron chi connectivity index (χ2n) is 8.57. The molecule has 0 bridgehead atoms. The number of nitrogens with zero attached hydrogens (tertiary/aromatic N) is 4. The molecule has 1 aliphatic rings. The Morgan fingerprint density at radius 1 is 1.12 bits per heavy atom. The summed E-state index contributed by atoms with van der Waals surface area (Å²) in [6.07, 6.45) is 5.42. The van der Waals surface area contributed by atoms with Gasteiger partial charge in [-0.25, -0.2) is 0 Å². The van der Waals surface area contributed by atoms with Crippen LogP contribution in [0.4, 0.5) is 0 Å². The second-order valence-corrected chi connectivity index (χ2v) is 10.0. The van der Waals surface area contributed by atoms with Crippen molar-refractivity contribution >= 4 is 34.1 Å². The maximum Gasteiger partial charge on any atom is 0.204 e. The summed E-state index contributed by atoms with van der Waals surface area (Å²) >= 11 is 7.16. The van der Waals surface area contributed by atoms with E-state index in [9.17, 15) is 5.11 Å². The number of aromatic amines is 1. The fourth-order valence-electron chi connectivity index (χ4n) is 4.37. The lowest BCUT2D eigenvalue weighted by atomic mass is 9.90. The van der Waals surface area contributed by atoms with Gasteiger partial charge in [0.1, 0.15) is 5.75 Å². The molecule has 172 valence electrons. The first-order valence-corrected chi connectivity index (χ1v) is 12.7. The monoisotopic (exact) mass is 487 g/mol. The molecule has 0 atom stereocenters. The summed E-state index contributed by atoms with van der Waals surface area (Å²) in [5.74, 6) is 0.866. The minimum Gasteiger partial charge on any atom is -0.506 e. The third-order valence-corrected chi connectivity index (χ3v) is 7.48. The van der Waals surface area contributed by atoms with Crippen LogP contribution in [0.15, 0.2) is 52.8 Å². The van der Waals surface area contributed by atoms with E-state index in [4.69, 9.17) is 12.2 Å². The number of aromatic hydroxyl groups is 1. The van der Waals surface area contributed by atoms with E-state index in [1.165, 1.54) is 24.0 Å². The molecule has 0 aliphatic heterocycles. The zero-order valence-electron chi connectivity index (χ0n) is 18.9. The molecule has 5 rings (SSSR count). The fourth-order valence-corrected chi connectivity index (χ4v) is 5.60. The summed E-state index contributed by atoms with van der Waals surface area (Å²) in [5, 5.41) is 27.1. The number of nitrogens with one attached hydrogen (secondary N) is 1. The van der Waals surface area contributed by atoms with Crippen molar-refractivity contribution in [1.82, 2.24) is 20.6 Å². The average molecular weight is 488 g/mol. The summed E-state index contributed by atoms with van der Waals surface area (Å²) in [7, 11) is 0. The van der Waals surface area contributed by atoms with E-state index in [1.54, 1.807) is 11.3 Å². The van der Waals surface area contributed by atoms with Crippen molar-refractivity contribution < 1.29 is 5.11 Å². The van der Waals surface area contributed by atoms with Crippen LogP contribution in [-0.4, -0.2) is 42.9 Å². The Morgan fingerprint density at radius 2 is 1.97 bits per heavy atom. The number of aliphatic imine (C=N–C) groups is 1. The lowest BCUT2D eigenvalue weighted by Crippen LogP contribution is -2.06. The smallest absolute Gasteiger partial charge is 0.204 e. The fraction of sp³-hybridized carbons (Fsp3) is 0.269. The molecule has 4 aromatic rings. The first kappa shape index (κ1) is 22.6. The van der Waals surface area contributed by atoms with Crippen LogP contribution >= 0.6 is 23.6 Å². The number of tetrazole rings is 1. The number of thiocarbonyl (C=S) groups is 1. The van der Waals surface area contributed by atoms with E-state index in [0.717, 1.165) is 50.5 Å². The van der Waals surface area contributed by atoms with Gasteiger partial charge in [0, 0.05) is 33.5 Å². The van der Waals surface area contributed by atoms with Gasteiger partial charge in [0.05, 0.1) is 11.4 Å². The molecular weight excluding hydrogens is 462 g/mol. The molecule has 0 unspecified atom stereocenters. The number of hydrogen-bond donors (Lipinski definition) is 2. The molecule has 0 saturated heterocycles. The quantitative estimate of drug-likeness (QED) is 0.262. The van der Waals surface area contributed by atoms with Gasteiger partial charge < -0.3 is 5.11 Å². The van der Waals surface area contributed by atoms with Crippen LogP contribution in [-0.2, 0) is 19.3 Å². The zero-order chi connectivity index (χ0) is 23.5. The maximum absolute atomic E-state index is 11.0. The topological polar surface area (TPSA) is 87.0 Å². The minimum atomic E-state index is 0.306. The Balaban J connectivity index is 1.27. The summed E-state index contributed by atoms with van der Waals surface area (Å²) in [5.41, 5.74) is 7.48. The third-order valence-electron chi connectivity index (χ3n) is 6.19. The molecule has 0 fully saturated rings. The molecule has 0 amide bonds. The largest absolute Gasteiger partial charge is 0.506 e. The van der Waals surface area contributed by atoms with Crippen LogP contribution in [0, 0.1) is 0 Å². The molecule has 2 heterocycles. The van der Waals surface area contributed by atoms with Crippen LogP contribution in [0.3, 0.4) is 0 Å². The zero-order valence-corrected chi connectivity index (χ0v) is 20.5. The van der Waals surface area contributed by atoms with Crippen molar-refractivity contribution in [2.45, 2.75) is 39.0 Å². The van der Waals surface area contributed by atoms with E-state index in [-0.39, 0.29) is 0 Å². The molecule has 1 aliphatic carbocycles. The standard InChI is InChI=1S/C26H25N5OS2/c1-16(27-14-22(33)12-17-5-4-8-21(11-17)26-28-30-31-29-26)23-15-34-25(24(23)32)20-10-9-18-6-2-3-7-19(18)13-20/h4-5,8-11,13,15,32H,2-3,6-7,12,14H2,1H3,(H,28,29,30,31). The van der Waals surface area contributed by atoms with Crippen molar-refractivity contribution in [3.8, 4) is 27.6 Å². The van der Waals surface area contributed by atoms with E-state index in [1.807, 2.05) is 36.6 Å². The van der Waals surface area contributed by atoms with E-state index >= 15 is 0 Å². The lowest BCUT2D eigenvalue weighted by molar-refractivity contribution is 0.478. The number of benzene rings is 2. The Hall–Kier alpha value is -3.23. The van der Waals surface area contributed by atoms with Crippen molar-refractivity contribution in [3.63, 3.8) is 0 Å². The number of fused-ring (bicyclic) bond motifs is 1. The van der Waals surface area contributed by atoms with E-state index < -0.39 is 0 Å². The van der Waals surface area contributed by atoms with Crippen molar-refractivity contribution in [2.24, 2.45) is 4.99 Å². The van der Waals surface area contributed by atoms with Crippen LogP contribution in [0.25, 0.3) is 21.8 Å². The van der Waals surface area contributed by atoms with Gasteiger partial charge in [0.15, 0.2) is 0 Å². The number of rotatable bonds is 7. The Morgan fingerprint density at radius 3 is 2.79 bits per heavy atom. The molecule has 34 heavy (non-hydrogen) atoms. The lowest BCUT2D eigenvalue weighted by Gasteiger charge is -2.16. The van der Waals surface area contributed by atoms with Gasteiger partial charge in [0.2, 0.25) is 5.82 Å². The number of aryl methyl sites for hydroxylation is 2. The van der Waals surface area contributed by atoms with Gasteiger partial charge in [-0.05, 0) is 72.2 Å². The summed E-state index contributed by atoms with van der Waals surface area (Å²) in [6.45, 7) is 2.36. The average Bonchev–Trinajstić information content (AvgIpc) is 3.53. The summed E-state index contributed by atoms with van der Waals surface area (Å²) in [6, 6.07) is 14.5. The minimum absolute atomic E-state index is 0.306. The van der Waals surface area contributed by atoms with Gasteiger partial charge in [-0.15, -0.1) is 21.5 Å². The maximum atomic E-state index is 11.0. The van der Waals surface area contributed by atoms with Crippen LogP contribution in [0.2, 0.25) is 0 Å². The molecule has 0 saturated carbocycles. The first-order chi connectivity index (χ1) is 16.6. The van der Waals surface area contributed by atoms with Crippen molar-refractivity contribution in [2.75, 3.05) is 6.54 Å². The Bertz CT molecular complexity index is 1360. The van der Waals surface area contributed by atoms with Crippen LogP contribution < -0.4 is 0 Å². The van der Waals surface area contributed by atoms with Crippen molar-refractivity contribution in [1.29, 1.82) is 0 Å². The highest BCUT2D eigenvalue weighted by atomic mass is 32.1. The number of aromatic nitrogens is 4. The van der Waals surface area contributed by atoms with Crippen LogP contribution in [0.1, 0.15) is 42.0 Å². The highest BCUT2D eigenvalue weighted by Crippen LogP contribution is 2.40. The van der Waals surface area contributed by atoms with E-state index in [2.05, 4.69) is 43.8 Å². The molecular formula is C26H25N5OS2. The molecule has 2 N–H and O–H groups in total. The van der Waals surface area contributed by atoms with Gasteiger partial charge in [-0.2, -0.15) is 5.21 Å². The highest BCUT2D eigenvalue weighted by molar-refractivity contribution is 7.80. The number of H-pyrrole nitrogens is 1. The number of hydrogen-bond acceptors (Lipinski definition) is 7. The predicted octanol–water partition coefficient (Wildman–Crippen LogP) is 5.60. The SMILES string of the molecule is CC(=NCC(=S)Cc1cccc(-c2nn[nH]n2)c1)c1csc(-c2ccc3c(c2)CCCC3)c1O.